The molecule has 1 aromatic carbocycles. The summed E-state index contributed by atoms with van der Waals surface area (Å²) in [5.41, 5.74) is 0.960. The van der Waals surface area contributed by atoms with E-state index in [1.54, 1.807) is 25.1 Å². The van der Waals surface area contributed by atoms with Crippen molar-refractivity contribution < 1.29 is 19.1 Å². The van der Waals surface area contributed by atoms with Gasteiger partial charge < -0.3 is 9.47 Å². The van der Waals surface area contributed by atoms with Gasteiger partial charge in [-0.25, -0.2) is 0 Å². The van der Waals surface area contributed by atoms with Gasteiger partial charge in [0, 0.05) is 0 Å². The van der Waals surface area contributed by atoms with Crippen LogP contribution in [0.1, 0.15) is 25.3 Å². The van der Waals surface area contributed by atoms with E-state index in [0.29, 0.717) is 5.02 Å². The first kappa shape index (κ1) is 16.1. The number of carbonyl (C=O) groups is 2. The van der Waals surface area contributed by atoms with Crippen molar-refractivity contribution >= 4 is 23.5 Å². The van der Waals surface area contributed by atoms with E-state index in [-0.39, 0.29) is 18.6 Å². The van der Waals surface area contributed by atoms with Crippen LogP contribution in [0.25, 0.3) is 0 Å². The zero-order valence-corrected chi connectivity index (χ0v) is 12.1. The molecule has 0 amide bonds. The topological polar surface area (TPSA) is 52.6 Å². The van der Waals surface area contributed by atoms with Gasteiger partial charge in [0.05, 0.1) is 17.9 Å². The summed E-state index contributed by atoms with van der Waals surface area (Å²) in [6.45, 7) is 3.45. The first-order valence-electron chi connectivity index (χ1n) is 6.05. The molecule has 0 aliphatic carbocycles. The van der Waals surface area contributed by atoms with E-state index in [2.05, 4.69) is 5.92 Å². The molecule has 0 bridgehead atoms. The minimum atomic E-state index is -0.606. The summed E-state index contributed by atoms with van der Waals surface area (Å²) < 4.78 is 9.89. The molecule has 0 heterocycles. The van der Waals surface area contributed by atoms with Gasteiger partial charge in [-0.15, -0.1) is 6.42 Å². The fourth-order valence-electron chi connectivity index (χ4n) is 1.36. The van der Waals surface area contributed by atoms with Gasteiger partial charge in [0.1, 0.15) is 5.75 Å². The van der Waals surface area contributed by atoms with E-state index in [1.807, 2.05) is 6.92 Å². The van der Waals surface area contributed by atoms with Crippen LogP contribution in [0.3, 0.4) is 0 Å². The van der Waals surface area contributed by atoms with E-state index in [9.17, 15) is 9.59 Å². The highest BCUT2D eigenvalue weighted by molar-refractivity contribution is 6.32. The average molecular weight is 295 g/mol. The largest absolute Gasteiger partial charge is 0.449 e. The molecule has 5 heteroatoms. The van der Waals surface area contributed by atoms with Crippen LogP contribution in [-0.4, -0.2) is 18.0 Å². The van der Waals surface area contributed by atoms with Crippen LogP contribution in [0, 0.1) is 19.3 Å². The number of ether oxygens (including phenoxy) is 2. The van der Waals surface area contributed by atoms with Gasteiger partial charge in [-0.2, -0.15) is 0 Å². The molecule has 0 saturated heterocycles. The lowest BCUT2D eigenvalue weighted by Gasteiger charge is -2.08. The average Bonchev–Trinajstić information content (AvgIpc) is 2.39. The lowest BCUT2D eigenvalue weighted by atomic mass is 10.2. The Morgan fingerprint density at radius 2 is 2.00 bits per heavy atom. The zero-order valence-electron chi connectivity index (χ0n) is 11.3. The number of benzene rings is 1. The molecule has 20 heavy (non-hydrogen) atoms. The normalized spacial score (nSPS) is 11.3. The molecule has 0 spiro atoms. The second-order valence-electron chi connectivity index (χ2n) is 4.21. The van der Waals surface area contributed by atoms with Crippen molar-refractivity contribution in [2.24, 2.45) is 0 Å². The summed E-state index contributed by atoms with van der Waals surface area (Å²) in [7, 11) is 0. The van der Waals surface area contributed by atoms with Crippen LogP contribution in [0.4, 0.5) is 0 Å². The number of esters is 2. The van der Waals surface area contributed by atoms with Crippen molar-refractivity contribution in [2.45, 2.75) is 32.8 Å². The molecule has 0 aliphatic heterocycles. The fourth-order valence-corrected chi connectivity index (χ4v) is 1.63. The van der Waals surface area contributed by atoms with Gasteiger partial charge in [0.15, 0.2) is 6.10 Å². The maximum absolute atomic E-state index is 11.6. The van der Waals surface area contributed by atoms with Crippen molar-refractivity contribution in [3.8, 4) is 18.1 Å². The second kappa shape index (κ2) is 7.56. The van der Waals surface area contributed by atoms with Crippen LogP contribution in [-0.2, 0) is 14.3 Å². The van der Waals surface area contributed by atoms with Crippen LogP contribution in [0.5, 0.6) is 5.75 Å². The number of aryl methyl sites for hydroxylation is 1. The minimum Gasteiger partial charge on any atom is -0.449 e. The van der Waals surface area contributed by atoms with E-state index >= 15 is 0 Å². The summed E-state index contributed by atoms with van der Waals surface area (Å²) in [5, 5.41) is 0.349. The summed E-state index contributed by atoms with van der Waals surface area (Å²) in [6, 6.07) is 5.07. The summed E-state index contributed by atoms with van der Waals surface area (Å²) >= 11 is 5.93. The van der Waals surface area contributed by atoms with Crippen molar-refractivity contribution in [3.05, 3.63) is 28.8 Å². The standard InChI is InChI=1S/C15H15ClO4/c1-4-11(3)19-14(17)7-8-15(18)20-13-6-5-10(2)9-12(13)16/h1,5-6,9,11H,7-8H2,2-3H3. The van der Waals surface area contributed by atoms with Crippen molar-refractivity contribution in [3.63, 3.8) is 0 Å². The fraction of sp³-hybridized carbons (Fsp3) is 0.333. The Bertz CT molecular complexity index is 545. The molecule has 0 saturated carbocycles. The predicted octanol–water partition coefficient (Wildman–Crippen LogP) is 2.90. The molecular formula is C15H15ClO4. The monoisotopic (exact) mass is 294 g/mol. The highest BCUT2D eigenvalue weighted by atomic mass is 35.5. The third-order valence-electron chi connectivity index (χ3n) is 2.39. The lowest BCUT2D eigenvalue weighted by Crippen LogP contribution is -2.16. The smallest absolute Gasteiger partial charge is 0.311 e. The Labute approximate surface area is 123 Å². The summed E-state index contributed by atoms with van der Waals surface area (Å²) in [4.78, 5) is 22.9. The van der Waals surface area contributed by atoms with Crippen LogP contribution in [0.2, 0.25) is 5.02 Å². The molecule has 1 atom stereocenters. The Morgan fingerprint density at radius 1 is 1.35 bits per heavy atom. The van der Waals surface area contributed by atoms with Crippen LogP contribution >= 0.6 is 11.6 Å². The maximum atomic E-state index is 11.6. The first-order valence-corrected chi connectivity index (χ1v) is 6.42. The molecule has 0 aliphatic rings. The van der Waals surface area contributed by atoms with Gasteiger partial charge in [-0.3, -0.25) is 9.59 Å². The Kier molecular flexibility index (Phi) is 6.08. The SMILES string of the molecule is C#CC(C)OC(=O)CCC(=O)Oc1ccc(C)cc1Cl. The van der Waals surface area contributed by atoms with Gasteiger partial charge in [0.25, 0.3) is 0 Å². The van der Waals surface area contributed by atoms with Gasteiger partial charge in [0.2, 0.25) is 0 Å². The van der Waals surface area contributed by atoms with E-state index < -0.39 is 18.0 Å². The quantitative estimate of drug-likeness (QED) is 0.476. The Morgan fingerprint density at radius 3 is 2.60 bits per heavy atom. The Balaban J connectivity index is 2.44. The van der Waals surface area contributed by atoms with E-state index in [1.165, 1.54) is 0 Å². The molecule has 0 fully saturated rings. The number of hydrogen-bond donors (Lipinski definition) is 0. The molecule has 0 N–H and O–H groups in total. The third kappa shape index (κ3) is 5.33. The summed E-state index contributed by atoms with van der Waals surface area (Å²) in [6.07, 6.45) is 4.28. The van der Waals surface area contributed by atoms with E-state index in [4.69, 9.17) is 27.5 Å². The number of halogens is 1. The number of terminal acetylenes is 1. The van der Waals surface area contributed by atoms with E-state index in [0.717, 1.165) is 5.56 Å². The maximum Gasteiger partial charge on any atom is 0.311 e. The molecule has 0 radical (unpaired) electrons. The van der Waals surface area contributed by atoms with Gasteiger partial charge in [-0.1, -0.05) is 23.6 Å². The predicted molar refractivity (Wildman–Crippen MR) is 75.4 cm³/mol. The van der Waals surface area contributed by atoms with Crippen molar-refractivity contribution in [1.29, 1.82) is 0 Å². The number of rotatable bonds is 5. The molecule has 106 valence electrons. The highest BCUT2D eigenvalue weighted by Gasteiger charge is 2.13. The second-order valence-corrected chi connectivity index (χ2v) is 4.61. The third-order valence-corrected chi connectivity index (χ3v) is 2.68. The van der Waals surface area contributed by atoms with Gasteiger partial charge in [-0.05, 0) is 31.5 Å². The van der Waals surface area contributed by atoms with Crippen LogP contribution < -0.4 is 4.74 Å². The molecule has 4 nitrogen and oxygen atoms in total. The highest BCUT2D eigenvalue weighted by Crippen LogP contribution is 2.25. The minimum absolute atomic E-state index is 0.0890. The molecule has 1 unspecified atom stereocenters. The van der Waals surface area contributed by atoms with Gasteiger partial charge >= 0.3 is 11.9 Å². The molecule has 0 aromatic heterocycles. The molecule has 1 aromatic rings. The number of carbonyl (C=O) groups excluding carboxylic acids is 2. The molecule has 1 rings (SSSR count). The molecular weight excluding hydrogens is 280 g/mol. The lowest BCUT2D eigenvalue weighted by molar-refractivity contribution is -0.148. The summed E-state index contributed by atoms with van der Waals surface area (Å²) in [5.74, 6) is 1.44. The first-order chi connectivity index (χ1) is 9.42. The van der Waals surface area contributed by atoms with Crippen LogP contribution in [0.15, 0.2) is 18.2 Å². The zero-order chi connectivity index (χ0) is 15.1. The van der Waals surface area contributed by atoms with Crippen molar-refractivity contribution in [2.75, 3.05) is 0 Å². The van der Waals surface area contributed by atoms with Crippen molar-refractivity contribution in [1.82, 2.24) is 0 Å². The number of hydrogen-bond acceptors (Lipinski definition) is 4. The Hall–Kier alpha value is -1.99.